The van der Waals surface area contributed by atoms with Gasteiger partial charge in [0.25, 0.3) is 11.7 Å². The Morgan fingerprint density at radius 2 is 1.75 bits per heavy atom. The van der Waals surface area contributed by atoms with E-state index in [1.165, 1.54) is 4.90 Å². The van der Waals surface area contributed by atoms with Crippen LogP contribution in [0.25, 0.3) is 16.5 Å². The summed E-state index contributed by atoms with van der Waals surface area (Å²) in [5.41, 5.74) is 1.32. The molecule has 2 aliphatic heterocycles. The Balaban J connectivity index is 1.71. The number of fused-ring (bicyclic) bond motifs is 2. The van der Waals surface area contributed by atoms with Crippen molar-refractivity contribution in [3.05, 3.63) is 77.4 Å². The minimum Gasteiger partial charge on any atom is -0.507 e. The van der Waals surface area contributed by atoms with Crippen LogP contribution in [0.4, 0.5) is 0 Å². The van der Waals surface area contributed by atoms with Gasteiger partial charge in [0.05, 0.1) is 11.6 Å². The van der Waals surface area contributed by atoms with Gasteiger partial charge >= 0.3 is 0 Å². The van der Waals surface area contributed by atoms with Crippen molar-refractivity contribution < 1.29 is 24.2 Å². The van der Waals surface area contributed by atoms with Crippen LogP contribution >= 0.6 is 0 Å². The highest BCUT2D eigenvalue weighted by Gasteiger charge is 2.46. The number of likely N-dealkylation sites (tertiary alicyclic amines) is 1. The zero-order chi connectivity index (χ0) is 22.2. The molecule has 0 saturated carbocycles. The fourth-order valence-corrected chi connectivity index (χ4v) is 4.51. The lowest BCUT2D eigenvalue weighted by atomic mass is 9.93. The molecule has 6 heteroatoms. The summed E-state index contributed by atoms with van der Waals surface area (Å²) in [7, 11) is 0. The lowest BCUT2D eigenvalue weighted by Crippen LogP contribution is -2.30. The normalized spacial score (nSPS) is 19.5. The van der Waals surface area contributed by atoms with E-state index >= 15 is 0 Å². The van der Waals surface area contributed by atoms with Crippen LogP contribution in [0.2, 0.25) is 0 Å². The van der Waals surface area contributed by atoms with Crippen molar-refractivity contribution in [2.24, 2.45) is 0 Å². The molecule has 0 bridgehead atoms. The SMILES string of the molecule is CCCN1C(=O)C(=O)/C(=C(\O)c2cccc3ccccc23)C1c1ccc2c(c1)OCCO2. The third-order valence-corrected chi connectivity index (χ3v) is 5.93. The van der Waals surface area contributed by atoms with Gasteiger partial charge < -0.3 is 19.5 Å². The predicted molar refractivity (Wildman–Crippen MR) is 121 cm³/mol. The van der Waals surface area contributed by atoms with E-state index in [1.54, 1.807) is 18.2 Å². The standard InChI is InChI=1S/C26H23NO5/c1-2-12-27-23(17-10-11-20-21(15-17)32-14-13-31-20)22(25(29)26(27)30)24(28)19-9-5-7-16-6-3-4-8-18(16)19/h3-11,15,23,28H,2,12-14H2,1H3/b24-22-. The van der Waals surface area contributed by atoms with Crippen LogP contribution in [-0.4, -0.2) is 41.5 Å². The average molecular weight is 429 g/mol. The van der Waals surface area contributed by atoms with Gasteiger partial charge in [0.1, 0.15) is 19.0 Å². The molecule has 32 heavy (non-hydrogen) atoms. The minimum atomic E-state index is -0.704. The highest BCUT2D eigenvalue weighted by Crippen LogP contribution is 2.43. The molecule has 1 unspecified atom stereocenters. The highest BCUT2D eigenvalue weighted by molar-refractivity contribution is 6.46. The largest absolute Gasteiger partial charge is 0.507 e. The van der Waals surface area contributed by atoms with Gasteiger partial charge in [-0.1, -0.05) is 55.5 Å². The van der Waals surface area contributed by atoms with Crippen LogP contribution in [0.1, 0.15) is 30.5 Å². The number of hydrogen-bond donors (Lipinski definition) is 1. The Hall–Kier alpha value is -3.80. The van der Waals surface area contributed by atoms with Crippen molar-refractivity contribution in [1.82, 2.24) is 4.90 Å². The van der Waals surface area contributed by atoms with Gasteiger partial charge in [0.15, 0.2) is 11.5 Å². The van der Waals surface area contributed by atoms with Crippen molar-refractivity contribution in [1.29, 1.82) is 0 Å². The molecule has 0 aliphatic carbocycles. The third kappa shape index (κ3) is 3.19. The molecular weight excluding hydrogens is 406 g/mol. The van der Waals surface area contributed by atoms with Crippen molar-refractivity contribution in [2.45, 2.75) is 19.4 Å². The first-order chi connectivity index (χ1) is 15.6. The van der Waals surface area contributed by atoms with Crippen molar-refractivity contribution in [2.75, 3.05) is 19.8 Å². The third-order valence-electron chi connectivity index (χ3n) is 5.93. The monoisotopic (exact) mass is 429 g/mol. The molecule has 1 amide bonds. The smallest absolute Gasteiger partial charge is 0.295 e. The molecular formula is C26H23NO5. The van der Waals surface area contributed by atoms with Gasteiger partial charge in [-0.2, -0.15) is 0 Å². The van der Waals surface area contributed by atoms with Gasteiger partial charge in [0, 0.05) is 12.1 Å². The number of aliphatic hydroxyl groups is 1. The van der Waals surface area contributed by atoms with Gasteiger partial charge in [-0.3, -0.25) is 9.59 Å². The van der Waals surface area contributed by atoms with E-state index in [9.17, 15) is 14.7 Å². The number of rotatable bonds is 4. The number of Topliss-reactive ketones (excluding diaryl/α,β-unsaturated/α-hetero) is 1. The molecule has 2 heterocycles. The Labute approximate surface area is 185 Å². The Morgan fingerprint density at radius 3 is 2.56 bits per heavy atom. The Morgan fingerprint density at radius 1 is 1.00 bits per heavy atom. The van der Waals surface area contributed by atoms with E-state index in [1.807, 2.05) is 49.4 Å². The van der Waals surface area contributed by atoms with Crippen molar-refractivity contribution in [3.63, 3.8) is 0 Å². The van der Waals surface area contributed by atoms with Gasteiger partial charge in [0.2, 0.25) is 0 Å². The number of aliphatic hydroxyl groups excluding tert-OH is 1. The molecule has 6 nitrogen and oxygen atoms in total. The summed E-state index contributed by atoms with van der Waals surface area (Å²) in [5.74, 6) is -0.251. The lowest BCUT2D eigenvalue weighted by molar-refractivity contribution is -0.139. The first-order valence-electron chi connectivity index (χ1n) is 10.8. The molecule has 5 rings (SSSR count). The van der Waals surface area contributed by atoms with Crippen LogP contribution in [0.3, 0.4) is 0 Å². The fourth-order valence-electron chi connectivity index (χ4n) is 4.51. The number of amides is 1. The topological polar surface area (TPSA) is 76.1 Å². The second-order valence-corrected chi connectivity index (χ2v) is 7.92. The summed E-state index contributed by atoms with van der Waals surface area (Å²) in [6, 6.07) is 17.9. The average Bonchev–Trinajstić information content (AvgIpc) is 3.08. The highest BCUT2D eigenvalue weighted by atomic mass is 16.6. The predicted octanol–water partition coefficient (Wildman–Crippen LogP) is 4.44. The number of nitrogens with zero attached hydrogens (tertiary/aromatic N) is 1. The summed E-state index contributed by atoms with van der Waals surface area (Å²) in [4.78, 5) is 27.6. The Kier molecular flexibility index (Phi) is 5.05. The summed E-state index contributed by atoms with van der Waals surface area (Å²) in [6.45, 7) is 3.25. The molecule has 1 fully saturated rings. The molecule has 3 aromatic rings. The van der Waals surface area contributed by atoms with Gasteiger partial charge in [-0.15, -0.1) is 0 Å². The van der Waals surface area contributed by atoms with Crippen molar-refractivity contribution in [3.8, 4) is 11.5 Å². The van der Waals surface area contributed by atoms with Crippen molar-refractivity contribution >= 4 is 28.2 Å². The fraction of sp³-hybridized carbons (Fsp3) is 0.231. The maximum atomic E-state index is 13.1. The number of benzene rings is 3. The van der Waals surface area contributed by atoms with E-state index in [-0.39, 0.29) is 11.3 Å². The van der Waals surface area contributed by atoms with Crippen LogP contribution in [0.5, 0.6) is 11.5 Å². The molecule has 3 aromatic carbocycles. The minimum absolute atomic E-state index is 0.0940. The first-order valence-corrected chi connectivity index (χ1v) is 10.8. The number of carbonyl (C=O) groups is 2. The summed E-state index contributed by atoms with van der Waals surface area (Å²) in [5, 5.41) is 13.1. The number of ketones is 1. The van der Waals surface area contributed by atoms with E-state index in [4.69, 9.17) is 9.47 Å². The van der Waals surface area contributed by atoms with Crippen LogP contribution in [0.15, 0.2) is 66.2 Å². The zero-order valence-electron chi connectivity index (χ0n) is 17.7. The maximum Gasteiger partial charge on any atom is 0.295 e. The molecule has 1 N–H and O–H groups in total. The number of hydrogen-bond acceptors (Lipinski definition) is 5. The molecule has 0 spiro atoms. The quantitative estimate of drug-likeness (QED) is 0.377. The molecule has 0 aromatic heterocycles. The second-order valence-electron chi connectivity index (χ2n) is 7.92. The zero-order valence-corrected chi connectivity index (χ0v) is 17.7. The molecule has 0 radical (unpaired) electrons. The Bertz CT molecular complexity index is 1260. The first kappa shape index (κ1) is 20.1. The summed E-state index contributed by atoms with van der Waals surface area (Å²) >= 11 is 0. The van der Waals surface area contributed by atoms with Crippen LogP contribution in [0, 0.1) is 0 Å². The van der Waals surface area contributed by atoms with E-state index in [2.05, 4.69) is 0 Å². The van der Waals surface area contributed by atoms with Crippen LogP contribution in [-0.2, 0) is 9.59 Å². The summed E-state index contributed by atoms with van der Waals surface area (Å²) < 4.78 is 11.3. The van der Waals surface area contributed by atoms with Gasteiger partial charge in [-0.05, 0) is 34.9 Å². The van der Waals surface area contributed by atoms with E-state index in [0.29, 0.717) is 48.8 Å². The molecule has 162 valence electrons. The van der Waals surface area contributed by atoms with Crippen LogP contribution < -0.4 is 9.47 Å². The molecule has 1 atom stereocenters. The molecule has 1 saturated heterocycles. The van der Waals surface area contributed by atoms with Gasteiger partial charge in [-0.25, -0.2) is 0 Å². The number of carbonyl (C=O) groups excluding carboxylic acids is 2. The molecule has 2 aliphatic rings. The van der Waals surface area contributed by atoms with E-state index in [0.717, 1.165) is 10.8 Å². The second kappa shape index (κ2) is 8.04. The summed E-state index contributed by atoms with van der Waals surface area (Å²) in [6.07, 6.45) is 0.683. The maximum absolute atomic E-state index is 13.1. The number of ether oxygens (including phenoxy) is 2. The van der Waals surface area contributed by atoms with E-state index < -0.39 is 17.7 Å². The lowest BCUT2D eigenvalue weighted by Gasteiger charge is -2.26.